The fraction of sp³-hybridized carbons (Fsp3) is 0.600. The maximum absolute atomic E-state index is 5.10. The molecule has 0 bridgehead atoms. The van der Waals surface area contributed by atoms with Gasteiger partial charge in [-0.2, -0.15) is 0 Å². The molecule has 0 spiro atoms. The summed E-state index contributed by atoms with van der Waals surface area (Å²) >= 11 is 0. The van der Waals surface area contributed by atoms with Gasteiger partial charge < -0.3 is 10.5 Å². The molecular weight excluding hydrogens is 90.1 g/mol. The van der Waals surface area contributed by atoms with Crippen molar-refractivity contribution in [1.82, 2.24) is 0 Å². The van der Waals surface area contributed by atoms with Crippen LogP contribution in [-0.4, -0.2) is 13.2 Å². The zero-order valence-corrected chi connectivity index (χ0v) is 4.55. The topological polar surface area (TPSA) is 35.2 Å². The lowest BCUT2D eigenvalue weighted by atomic mass is 10.6. The summed E-state index contributed by atoms with van der Waals surface area (Å²) in [5.41, 5.74) is 5.10. The Labute approximate surface area is 44.0 Å². The smallest absolute Gasteiger partial charge is 0.0845 e. The first-order chi connectivity index (χ1) is 3.41. The predicted octanol–water partition coefficient (Wildman–Crippen LogP) is 0.495. The van der Waals surface area contributed by atoms with Crippen molar-refractivity contribution in [3.8, 4) is 0 Å². The molecule has 0 aliphatic carbocycles. The Morgan fingerprint density at radius 2 is 2.43 bits per heavy atom. The second-order valence-electron chi connectivity index (χ2n) is 1.06. The molecule has 0 radical (unpaired) electrons. The van der Waals surface area contributed by atoms with Gasteiger partial charge >= 0.3 is 0 Å². The average molecular weight is 101 g/mol. The summed E-state index contributed by atoms with van der Waals surface area (Å²) in [6.07, 6.45) is 3.38. The molecule has 0 heterocycles. The SMILES string of the molecule is CCOC=CCN. The van der Waals surface area contributed by atoms with E-state index in [-0.39, 0.29) is 0 Å². The zero-order valence-electron chi connectivity index (χ0n) is 4.55. The Morgan fingerprint density at radius 3 is 2.86 bits per heavy atom. The summed E-state index contributed by atoms with van der Waals surface area (Å²) in [5.74, 6) is 0. The molecule has 0 unspecified atom stereocenters. The third-order valence-corrected chi connectivity index (χ3v) is 0.495. The zero-order chi connectivity index (χ0) is 5.54. The van der Waals surface area contributed by atoms with Crippen LogP contribution >= 0.6 is 0 Å². The number of ether oxygens (including phenoxy) is 1. The van der Waals surface area contributed by atoms with Crippen LogP contribution in [0.1, 0.15) is 6.92 Å². The molecule has 0 amide bonds. The van der Waals surface area contributed by atoms with E-state index in [0.717, 1.165) is 6.61 Å². The van der Waals surface area contributed by atoms with Gasteiger partial charge in [0.1, 0.15) is 0 Å². The van der Waals surface area contributed by atoms with Crippen LogP contribution in [0.15, 0.2) is 12.3 Å². The van der Waals surface area contributed by atoms with Gasteiger partial charge in [0.25, 0.3) is 0 Å². The summed E-state index contributed by atoms with van der Waals surface area (Å²) in [7, 11) is 0. The number of rotatable bonds is 3. The molecule has 0 fully saturated rings. The second-order valence-corrected chi connectivity index (χ2v) is 1.06. The van der Waals surface area contributed by atoms with Crippen LogP contribution in [0.4, 0.5) is 0 Å². The predicted molar refractivity (Wildman–Crippen MR) is 29.8 cm³/mol. The average Bonchev–Trinajstić information content (AvgIpc) is 1.69. The highest BCUT2D eigenvalue weighted by Crippen LogP contribution is 1.71. The van der Waals surface area contributed by atoms with Gasteiger partial charge in [-0.25, -0.2) is 0 Å². The minimum atomic E-state index is 0.556. The molecule has 2 nitrogen and oxygen atoms in total. The maximum Gasteiger partial charge on any atom is 0.0845 e. The van der Waals surface area contributed by atoms with Gasteiger partial charge in [0.2, 0.25) is 0 Å². The molecule has 2 N–H and O–H groups in total. The van der Waals surface area contributed by atoms with Gasteiger partial charge in [-0.05, 0) is 13.0 Å². The highest BCUT2D eigenvalue weighted by molar-refractivity contribution is 4.73. The molecule has 0 aromatic carbocycles. The molecular formula is C5H11NO. The van der Waals surface area contributed by atoms with Gasteiger partial charge in [0.05, 0.1) is 12.9 Å². The van der Waals surface area contributed by atoms with Crippen LogP contribution in [0.5, 0.6) is 0 Å². The summed E-state index contributed by atoms with van der Waals surface area (Å²) < 4.78 is 4.81. The van der Waals surface area contributed by atoms with Crippen molar-refractivity contribution < 1.29 is 4.74 Å². The molecule has 0 rings (SSSR count). The highest BCUT2D eigenvalue weighted by atomic mass is 16.5. The highest BCUT2D eigenvalue weighted by Gasteiger charge is 1.64. The molecule has 0 saturated heterocycles. The van der Waals surface area contributed by atoms with Crippen molar-refractivity contribution >= 4 is 0 Å². The van der Waals surface area contributed by atoms with Crippen LogP contribution in [0.2, 0.25) is 0 Å². The Morgan fingerprint density at radius 1 is 1.71 bits per heavy atom. The summed E-state index contributed by atoms with van der Waals surface area (Å²) in [6, 6.07) is 0. The van der Waals surface area contributed by atoms with E-state index < -0.39 is 0 Å². The third-order valence-electron chi connectivity index (χ3n) is 0.495. The molecule has 0 aliphatic rings. The largest absolute Gasteiger partial charge is 0.502 e. The van der Waals surface area contributed by atoms with Crippen molar-refractivity contribution in [2.75, 3.05) is 13.2 Å². The van der Waals surface area contributed by atoms with Gasteiger partial charge in [0, 0.05) is 6.54 Å². The van der Waals surface area contributed by atoms with Gasteiger partial charge in [-0.3, -0.25) is 0 Å². The molecule has 7 heavy (non-hydrogen) atoms. The summed E-state index contributed by atoms with van der Waals surface area (Å²) in [6.45, 7) is 3.21. The molecule has 0 aromatic rings. The summed E-state index contributed by atoms with van der Waals surface area (Å²) in [4.78, 5) is 0. The number of hydrogen-bond acceptors (Lipinski definition) is 2. The molecule has 0 saturated carbocycles. The summed E-state index contributed by atoms with van der Waals surface area (Å²) in [5, 5.41) is 0. The normalized spacial score (nSPS) is 10.0. The quantitative estimate of drug-likeness (QED) is 0.525. The Balaban J connectivity index is 2.78. The van der Waals surface area contributed by atoms with E-state index in [0.29, 0.717) is 6.54 Å². The van der Waals surface area contributed by atoms with E-state index in [9.17, 15) is 0 Å². The maximum atomic E-state index is 5.10. The molecule has 42 valence electrons. The van der Waals surface area contributed by atoms with Crippen LogP contribution in [-0.2, 0) is 4.74 Å². The first kappa shape index (κ1) is 6.50. The van der Waals surface area contributed by atoms with Crippen LogP contribution in [0.3, 0.4) is 0 Å². The van der Waals surface area contributed by atoms with Gasteiger partial charge in [-0.1, -0.05) is 0 Å². The van der Waals surface area contributed by atoms with Crippen molar-refractivity contribution in [2.45, 2.75) is 6.92 Å². The van der Waals surface area contributed by atoms with Crippen LogP contribution in [0, 0.1) is 0 Å². The van der Waals surface area contributed by atoms with Gasteiger partial charge in [0.15, 0.2) is 0 Å². The van der Waals surface area contributed by atoms with Crippen molar-refractivity contribution in [3.05, 3.63) is 12.3 Å². The fourth-order valence-electron chi connectivity index (χ4n) is 0.220. The lowest BCUT2D eigenvalue weighted by Crippen LogP contribution is -1.92. The second kappa shape index (κ2) is 5.50. The van der Waals surface area contributed by atoms with Crippen molar-refractivity contribution in [2.24, 2.45) is 5.73 Å². The van der Waals surface area contributed by atoms with E-state index in [1.54, 1.807) is 12.3 Å². The number of nitrogens with two attached hydrogens (primary N) is 1. The Kier molecular flexibility index (Phi) is 5.11. The van der Waals surface area contributed by atoms with E-state index in [1.807, 2.05) is 6.92 Å². The van der Waals surface area contributed by atoms with E-state index >= 15 is 0 Å². The molecule has 2 heteroatoms. The van der Waals surface area contributed by atoms with Gasteiger partial charge in [-0.15, -0.1) is 0 Å². The Hall–Kier alpha value is -0.500. The van der Waals surface area contributed by atoms with E-state index in [4.69, 9.17) is 10.5 Å². The van der Waals surface area contributed by atoms with E-state index in [1.165, 1.54) is 0 Å². The fourth-order valence-corrected chi connectivity index (χ4v) is 0.220. The minimum absolute atomic E-state index is 0.556. The first-order valence-corrected chi connectivity index (χ1v) is 2.38. The number of hydrogen-bond donors (Lipinski definition) is 1. The molecule has 0 aromatic heterocycles. The first-order valence-electron chi connectivity index (χ1n) is 2.38. The van der Waals surface area contributed by atoms with Crippen LogP contribution < -0.4 is 5.73 Å². The molecule has 0 atom stereocenters. The minimum Gasteiger partial charge on any atom is -0.502 e. The van der Waals surface area contributed by atoms with E-state index in [2.05, 4.69) is 0 Å². The standard InChI is InChI=1S/C5H11NO/c1-2-7-5-3-4-6/h3,5H,2,4,6H2,1H3. The lowest BCUT2D eigenvalue weighted by molar-refractivity contribution is 0.268. The lowest BCUT2D eigenvalue weighted by Gasteiger charge is -1.88. The third kappa shape index (κ3) is 5.50. The van der Waals surface area contributed by atoms with Crippen molar-refractivity contribution in [1.29, 1.82) is 0 Å². The van der Waals surface area contributed by atoms with Crippen LogP contribution in [0.25, 0.3) is 0 Å². The molecule has 0 aliphatic heterocycles. The monoisotopic (exact) mass is 101 g/mol. The Bertz CT molecular complexity index is 52.0. The van der Waals surface area contributed by atoms with Crippen molar-refractivity contribution in [3.63, 3.8) is 0 Å².